The lowest BCUT2D eigenvalue weighted by atomic mass is 10.2. The number of carbonyl (C=O) groups is 1. The van der Waals surface area contributed by atoms with E-state index in [0.29, 0.717) is 0 Å². The van der Waals surface area contributed by atoms with E-state index in [0.717, 1.165) is 6.08 Å². The molecular weight excluding hydrogens is 452 g/mol. The van der Waals surface area contributed by atoms with Crippen LogP contribution in [0.3, 0.4) is 0 Å². The minimum atomic E-state index is -4.26. The molecule has 2 aromatic heterocycles. The SMILES string of the molecule is O=C(/C(=C\c1ccc(S(=O)(=O)c2ccccc2)o1)S(=O)(=O)c1ccccc1)c1ccco1. The standard InChI is InChI=1S/C23H16O7S2/c24-23(20-12-7-15-29-20)21(31(25,26)18-8-3-1-4-9-18)16-17-13-14-22(30-17)32(27,28)19-10-5-2-6-11-19/h1-16H/b21-16+. The van der Waals surface area contributed by atoms with Gasteiger partial charge in [0, 0.05) is 6.08 Å². The number of sulfone groups is 2. The average Bonchev–Trinajstić information content (AvgIpc) is 3.51. The highest BCUT2D eigenvalue weighted by Gasteiger charge is 2.30. The van der Waals surface area contributed by atoms with Crippen molar-refractivity contribution in [1.82, 2.24) is 0 Å². The molecule has 0 saturated heterocycles. The van der Waals surface area contributed by atoms with Crippen LogP contribution in [0.1, 0.15) is 16.3 Å². The molecule has 2 heterocycles. The Balaban J connectivity index is 1.81. The van der Waals surface area contributed by atoms with Crippen LogP contribution in [0.4, 0.5) is 0 Å². The van der Waals surface area contributed by atoms with Gasteiger partial charge in [-0.15, -0.1) is 0 Å². The van der Waals surface area contributed by atoms with Crippen LogP contribution in [-0.2, 0) is 19.7 Å². The Morgan fingerprint density at radius 2 is 1.34 bits per heavy atom. The zero-order chi connectivity index (χ0) is 22.8. The van der Waals surface area contributed by atoms with Gasteiger partial charge in [0.25, 0.3) is 0 Å². The van der Waals surface area contributed by atoms with E-state index in [9.17, 15) is 21.6 Å². The van der Waals surface area contributed by atoms with Gasteiger partial charge in [0.2, 0.25) is 30.6 Å². The molecule has 32 heavy (non-hydrogen) atoms. The number of hydrogen-bond acceptors (Lipinski definition) is 7. The fourth-order valence-corrected chi connectivity index (χ4v) is 5.51. The quantitative estimate of drug-likeness (QED) is 0.292. The molecule has 0 spiro atoms. The Morgan fingerprint density at radius 1 is 0.719 bits per heavy atom. The second-order valence-corrected chi connectivity index (χ2v) is 10.4. The number of hydrogen-bond donors (Lipinski definition) is 0. The molecule has 7 nitrogen and oxygen atoms in total. The highest BCUT2D eigenvalue weighted by Crippen LogP contribution is 2.28. The molecule has 0 bridgehead atoms. The van der Waals surface area contributed by atoms with Crippen molar-refractivity contribution in [3.8, 4) is 0 Å². The molecule has 0 aliphatic carbocycles. The predicted octanol–water partition coefficient (Wildman–Crippen LogP) is 4.40. The van der Waals surface area contributed by atoms with E-state index in [2.05, 4.69) is 0 Å². The van der Waals surface area contributed by atoms with Gasteiger partial charge in [-0.1, -0.05) is 36.4 Å². The molecule has 9 heteroatoms. The van der Waals surface area contributed by atoms with Crippen LogP contribution in [0.15, 0.2) is 120 Å². The molecule has 0 radical (unpaired) electrons. The second kappa shape index (κ2) is 8.45. The van der Waals surface area contributed by atoms with Gasteiger partial charge in [-0.2, -0.15) is 0 Å². The largest absolute Gasteiger partial charge is 0.461 e. The maximum Gasteiger partial charge on any atom is 0.240 e. The van der Waals surface area contributed by atoms with Gasteiger partial charge in [-0.3, -0.25) is 4.79 Å². The minimum Gasteiger partial charge on any atom is -0.461 e. The first-order chi connectivity index (χ1) is 15.3. The molecule has 0 amide bonds. The number of carbonyl (C=O) groups excluding carboxylic acids is 1. The molecule has 0 aliphatic rings. The smallest absolute Gasteiger partial charge is 0.240 e. The van der Waals surface area contributed by atoms with Crippen LogP contribution in [0.25, 0.3) is 6.08 Å². The third kappa shape index (κ3) is 4.08. The van der Waals surface area contributed by atoms with E-state index in [-0.39, 0.29) is 26.4 Å². The Kier molecular flexibility index (Phi) is 5.68. The maximum atomic E-state index is 13.2. The zero-order valence-electron chi connectivity index (χ0n) is 16.4. The van der Waals surface area contributed by atoms with E-state index in [1.54, 1.807) is 24.3 Å². The molecule has 0 unspecified atom stereocenters. The Bertz CT molecular complexity index is 1480. The molecule has 0 aliphatic heterocycles. The number of Topliss-reactive ketones (excluding diaryl/α,β-unsaturated/α-hetero) is 1. The molecule has 0 saturated carbocycles. The average molecular weight is 469 g/mol. The van der Waals surface area contributed by atoms with Crippen molar-refractivity contribution >= 4 is 31.5 Å². The molecule has 0 fully saturated rings. The summed E-state index contributed by atoms with van der Waals surface area (Å²) in [6, 6.07) is 20.3. The first-order valence-corrected chi connectivity index (χ1v) is 12.3. The summed E-state index contributed by atoms with van der Waals surface area (Å²) in [4.78, 5) is 12.3. The summed E-state index contributed by atoms with van der Waals surface area (Å²) in [5.74, 6) is -1.18. The molecule has 2 aromatic carbocycles. The van der Waals surface area contributed by atoms with E-state index in [1.165, 1.54) is 66.9 Å². The first-order valence-electron chi connectivity index (χ1n) is 9.30. The summed E-state index contributed by atoms with van der Waals surface area (Å²) in [5, 5.41) is -0.378. The van der Waals surface area contributed by atoms with Gasteiger partial charge in [-0.05, 0) is 48.5 Å². The van der Waals surface area contributed by atoms with Gasteiger partial charge < -0.3 is 8.83 Å². The van der Waals surface area contributed by atoms with Crippen molar-refractivity contribution < 1.29 is 30.5 Å². The summed E-state index contributed by atoms with van der Waals surface area (Å²) < 4.78 is 62.4. The number of rotatable bonds is 7. The summed E-state index contributed by atoms with van der Waals surface area (Å²) in [5.41, 5.74) is 0. The van der Waals surface area contributed by atoms with Crippen LogP contribution >= 0.6 is 0 Å². The van der Waals surface area contributed by atoms with Crippen molar-refractivity contribution in [1.29, 1.82) is 0 Å². The van der Waals surface area contributed by atoms with E-state index >= 15 is 0 Å². The number of furan rings is 2. The fraction of sp³-hybridized carbons (Fsp3) is 0. The predicted molar refractivity (Wildman–Crippen MR) is 115 cm³/mol. The van der Waals surface area contributed by atoms with Crippen LogP contribution < -0.4 is 0 Å². The second-order valence-electron chi connectivity index (χ2n) is 6.60. The van der Waals surface area contributed by atoms with Gasteiger partial charge >= 0.3 is 0 Å². The molecule has 4 aromatic rings. The molecule has 162 valence electrons. The molecular formula is C23H16O7S2. The van der Waals surface area contributed by atoms with E-state index in [1.807, 2.05) is 0 Å². The normalized spacial score (nSPS) is 12.6. The monoisotopic (exact) mass is 468 g/mol. The summed E-state index contributed by atoms with van der Waals surface area (Å²) in [7, 11) is -8.21. The van der Waals surface area contributed by atoms with Gasteiger partial charge in [0.1, 0.15) is 10.7 Å². The Hall–Kier alpha value is -3.69. The maximum absolute atomic E-state index is 13.2. The molecule has 0 N–H and O–H groups in total. The lowest BCUT2D eigenvalue weighted by Gasteiger charge is -2.07. The summed E-state index contributed by atoms with van der Waals surface area (Å²) in [6.45, 7) is 0. The van der Waals surface area contributed by atoms with E-state index < -0.39 is 30.4 Å². The zero-order valence-corrected chi connectivity index (χ0v) is 18.0. The number of allylic oxidation sites excluding steroid dienone is 1. The molecule has 0 atom stereocenters. The van der Waals surface area contributed by atoms with Crippen molar-refractivity contribution in [2.75, 3.05) is 0 Å². The lowest BCUT2D eigenvalue weighted by molar-refractivity contribution is 0.101. The topological polar surface area (TPSA) is 112 Å². The Labute approximate surface area is 184 Å². The Morgan fingerprint density at radius 3 is 1.94 bits per heavy atom. The third-order valence-corrected chi connectivity index (χ3v) is 7.92. The van der Waals surface area contributed by atoms with Crippen molar-refractivity contribution in [2.24, 2.45) is 0 Å². The van der Waals surface area contributed by atoms with Crippen LogP contribution in [-0.4, -0.2) is 22.6 Å². The molecule has 4 rings (SSSR count). The lowest BCUT2D eigenvalue weighted by Crippen LogP contribution is -2.14. The van der Waals surface area contributed by atoms with Crippen molar-refractivity contribution in [3.63, 3.8) is 0 Å². The van der Waals surface area contributed by atoms with Crippen molar-refractivity contribution in [2.45, 2.75) is 14.9 Å². The van der Waals surface area contributed by atoms with Crippen molar-refractivity contribution in [3.05, 3.63) is 108 Å². The number of benzene rings is 2. The minimum absolute atomic E-state index is 0.0219. The highest BCUT2D eigenvalue weighted by molar-refractivity contribution is 7.96. The highest BCUT2D eigenvalue weighted by atomic mass is 32.2. The fourth-order valence-electron chi connectivity index (χ4n) is 2.92. The van der Waals surface area contributed by atoms with Gasteiger partial charge in [0.15, 0.2) is 5.76 Å². The summed E-state index contributed by atoms with van der Waals surface area (Å²) in [6.07, 6.45) is 2.24. The van der Waals surface area contributed by atoms with Crippen LogP contribution in [0, 0.1) is 0 Å². The van der Waals surface area contributed by atoms with Crippen LogP contribution in [0.2, 0.25) is 0 Å². The van der Waals surface area contributed by atoms with Crippen LogP contribution in [0.5, 0.6) is 0 Å². The number of ketones is 1. The van der Waals surface area contributed by atoms with E-state index in [4.69, 9.17) is 8.83 Å². The van der Waals surface area contributed by atoms with Gasteiger partial charge in [0.05, 0.1) is 16.1 Å². The van der Waals surface area contributed by atoms with Gasteiger partial charge in [-0.25, -0.2) is 16.8 Å². The summed E-state index contributed by atoms with van der Waals surface area (Å²) >= 11 is 0. The third-order valence-electron chi connectivity index (χ3n) is 4.51. The first kappa shape index (κ1) is 21.5.